The highest BCUT2D eigenvalue weighted by Gasteiger charge is 2.30. The molecule has 2 heterocycles. The smallest absolute Gasteiger partial charge is 0.254 e. The number of amides is 1. The minimum atomic E-state index is -0.941. The van der Waals surface area contributed by atoms with Crippen LogP contribution in [0.1, 0.15) is 28.9 Å². The van der Waals surface area contributed by atoms with Crippen molar-refractivity contribution in [1.82, 2.24) is 15.1 Å². The van der Waals surface area contributed by atoms with Crippen molar-refractivity contribution in [3.05, 3.63) is 47.5 Å². The molecule has 1 aliphatic heterocycles. The fourth-order valence-electron chi connectivity index (χ4n) is 2.77. The lowest BCUT2D eigenvalue weighted by atomic mass is 9.94. The predicted molar refractivity (Wildman–Crippen MR) is 85.6 cm³/mol. The summed E-state index contributed by atoms with van der Waals surface area (Å²) in [7, 11) is 0. The molecule has 1 aliphatic rings. The SMILES string of the molecule is Cc1c(C(=O)NCC2(O)CCOCC2)cnn1-c1ccccc1F. The van der Waals surface area contributed by atoms with Gasteiger partial charge in [-0.25, -0.2) is 9.07 Å². The maximum absolute atomic E-state index is 13.9. The van der Waals surface area contributed by atoms with Crippen LogP contribution in [0.25, 0.3) is 5.69 Å². The Morgan fingerprint density at radius 2 is 2.12 bits per heavy atom. The molecule has 2 aromatic rings. The van der Waals surface area contributed by atoms with Crippen molar-refractivity contribution in [1.29, 1.82) is 0 Å². The molecular formula is C17H20FN3O3. The molecule has 0 saturated carbocycles. The first-order valence-corrected chi connectivity index (χ1v) is 7.88. The van der Waals surface area contributed by atoms with Crippen LogP contribution in [-0.4, -0.2) is 46.2 Å². The van der Waals surface area contributed by atoms with E-state index in [-0.39, 0.29) is 18.1 Å². The normalized spacial score (nSPS) is 16.8. The second-order valence-corrected chi connectivity index (χ2v) is 6.03. The summed E-state index contributed by atoms with van der Waals surface area (Å²) in [5, 5.41) is 17.2. The summed E-state index contributed by atoms with van der Waals surface area (Å²) >= 11 is 0. The van der Waals surface area contributed by atoms with E-state index in [2.05, 4.69) is 10.4 Å². The van der Waals surface area contributed by atoms with Gasteiger partial charge in [0.2, 0.25) is 0 Å². The van der Waals surface area contributed by atoms with Gasteiger partial charge in [-0.2, -0.15) is 5.10 Å². The van der Waals surface area contributed by atoms with Crippen LogP contribution < -0.4 is 5.32 Å². The molecule has 0 bridgehead atoms. The Morgan fingerprint density at radius 1 is 1.42 bits per heavy atom. The number of aromatic nitrogens is 2. The number of halogens is 1. The molecule has 0 atom stereocenters. The molecule has 1 aromatic heterocycles. The molecule has 128 valence electrons. The average Bonchev–Trinajstić information content (AvgIpc) is 2.95. The van der Waals surface area contributed by atoms with Gasteiger partial charge >= 0.3 is 0 Å². The largest absolute Gasteiger partial charge is 0.388 e. The van der Waals surface area contributed by atoms with E-state index in [1.807, 2.05) is 0 Å². The third-order valence-electron chi connectivity index (χ3n) is 4.34. The standard InChI is InChI=1S/C17H20FN3O3/c1-12-13(10-20-21(12)15-5-3-2-4-14(15)18)16(22)19-11-17(23)6-8-24-9-7-17/h2-5,10,23H,6-9,11H2,1H3,(H,19,22). The van der Waals surface area contributed by atoms with Gasteiger partial charge in [-0.05, 0) is 19.1 Å². The van der Waals surface area contributed by atoms with Crippen LogP contribution in [-0.2, 0) is 4.74 Å². The van der Waals surface area contributed by atoms with E-state index in [4.69, 9.17) is 4.74 Å². The van der Waals surface area contributed by atoms with Gasteiger partial charge in [0.25, 0.3) is 5.91 Å². The highest BCUT2D eigenvalue weighted by molar-refractivity contribution is 5.95. The molecule has 0 unspecified atom stereocenters. The number of nitrogens with zero attached hydrogens (tertiary/aromatic N) is 2. The number of ether oxygens (including phenoxy) is 1. The van der Waals surface area contributed by atoms with E-state index >= 15 is 0 Å². The van der Waals surface area contributed by atoms with Gasteiger partial charge in [-0.3, -0.25) is 4.79 Å². The quantitative estimate of drug-likeness (QED) is 0.891. The van der Waals surface area contributed by atoms with Gasteiger partial charge in [0.05, 0.1) is 23.1 Å². The number of rotatable bonds is 4. The Balaban J connectivity index is 1.73. The van der Waals surface area contributed by atoms with Crippen LogP contribution in [0.4, 0.5) is 4.39 Å². The molecule has 24 heavy (non-hydrogen) atoms. The van der Waals surface area contributed by atoms with E-state index in [9.17, 15) is 14.3 Å². The van der Waals surface area contributed by atoms with Crippen LogP contribution >= 0.6 is 0 Å². The van der Waals surface area contributed by atoms with E-state index < -0.39 is 11.4 Å². The maximum atomic E-state index is 13.9. The second-order valence-electron chi connectivity index (χ2n) is 6.03. The van der Waals surface area contributed by atoms with Crippen molar-refractivity contribution < 1.29 is 19.0 Å². The number of nitrogens with one attached hydrogen (secondary N) is 1. The van der Waals surface area contributed by atoms with Gasteiger partial charge in [0.1, 0.15) is 11.5 Å². The van der Waals surface area contributed by atoms with Crippen molar-refractivity contribution in [2.45, 2.75) is 25.4 Å². The Kier molecular flexibility index (Phi) is 4.64. The van der Waals surface area contributed by atoms with Crippen molar-refractivity contribution in [3.63, 3.8) is 0 Å². The first kappa shape index (κ1) is 16.6. The molecule has 1 saturated heterocycles. The monoisotopic (exact) mass is 333 g/mol. The van der Waals surface area contributed by atoms with Crippen LogP contribution in [0.15, 0.2) is 30.5 Å². The summed E-state index contributed by atoms with van der Waals surface area (Å²) in [6.07, 6.45) is 2.38. The number of para-hydroxylation sites is 1. The second kappa shape index (κ2) is 6.70. The minimum Gasteiger partial charge on any atom is -0.388 e. The van der Waals surface area contributed by atoms with Crippen molar-refractivity contribution in [3.8, 4) is 5.69 Å². The number of carbonyl (C=O) groups is 1. The average molecular weight is 333 g/mol. The number of carbonyl (C=O) groups excluding carboxylic acids is 1. The number of benzene rings is 1. The Labute approximate surface area is 139 Å². The molecule has 3 rings (SSSR count). The molecule has 0 aliphatic carbocycles. The first-order valence-electron chi connectivity index (χ1n) is 7.88. The zero-order valence-electron chi connectivity index (χ0n) is 13.5. The van der Waals surface area contributed by atoms with E-state index in [1.165, 1.54) is 16.9 Å². The molecular weight excluding hydrogens is 313 g/mol. The van der Waals surface area contributed by atoms with E-state index in [0.717, 1.165) is 0 Å². The van der Waals surface area contributed by atoms with Crippen LogP contribution in [0.3, 0.4) is 0 Å². The molecule has 1 aromatic carbocycles. The third-order valence-corrected chi connectivity index (χ3v) is 4.34. The van der Waals surface area contributed by atoms with Gasteiger partial charge in [0, 0.05) is 32.6 Å². The predicted octanol–water partition coefficient (Wildman–Crippen LogP) is 1.59. The van der Waals surface area contributed by atoms with Gasteiger partial charge in [0.15, 0.2) is 0 Å². The number of aliphatic hydroxyl groups is 1. The lowest BCUT2D eigenvalue weighted by Gasteiger charge is -2.32. The number of hydrogen-bond acceptors (Lipinski definition) is 4. The van der Waals surface area contributed by atoms with Gasteiger partial charge in [-0.15, -0.1) is 0 Å². The first-order chi connectivity index (χ1) is 11.5. The van der Waals surface area contributed by atoms with Crippen molar-refractivity contribution in [2.75, 3.05) is 19.8 Å². The summed E-state index contributed by atoms with van der Waals surface area (Å²) in [6.45, 7) is 2.82. The fraction of sp³-hybridized carbons (Fsp3) is 0.412. The van der Waals surface area contributed by atoms with Crippen molar-refractivity contribution in [2.24, 2.45) is 0 Å². The van der Waals surface area contributed by atoms with Crippen LogP contribution in [0.2, 0.25) is 0 Å². The van der Waals surface area contributed by atoms with Crippen LogP contribution in [0, 0.1) is 12.7 Å². The van der Waals surface area contributed by atoms with Gasteiger partial charge < -0.3 is 15.2 Å². The fourth-order valence-corrected chi connectivity index (χ4v) is 2.77. The molecule has 0 radical (unpaired) electrons. The molecule has 7 heteroatoms. The maximum Gasteiger partial charge on any atom is 0.254 e. The molecule has 1 fully saturated rings. The zero-order chi connectivity index (χ0) is 17.2. The summed E-state index contributed by atoms with van der Waals surface area (Å²) in [6, 6.07) is 6.25. The lowest BCUT2D eigenvalue weighted by molar-refractivity contribution is -0.0605. The summed E-state index contributed by atoms with van der Waals surface area (Å²) in [5.41, 5.74) is 0.242. The Morgan fingerprint density at radius 3 is 2.83 bits per heavy atom. The highest BCUT2D eigenvalue weighted by atomic mass is 19.1. The summed E-state index contributed by atoms with van der Waals surface area (Å²) in [4.78, 5) is 12.4. The topological polar surface area (TPSA) is 76.4 Å². The minimum absolute atomic E-state index is 0.152. The summed E-state index contributed by atoms with van der Waals surface area (Å²) in [5.74, 6) is -0.748. The van der Waals surface area contributed by atoms with Crippen LogP contribution in [0.5, 0.6) is 0 Å². The highest BCUT2D eigenvalue weighted by Crippen LogP contribution is 2.20. The summed E-state index contributed by atoms with van der Waals surface area (Å²) < 4.78 is 20.5. The molecule has 0 spiro atoms. The zero-order valence-corrected chi connectivity index (χ0v) is 13.5. The van der Waals surface area contributed by atoms with Gasteiger partial charge in [-0.1, -0.05) is 12.1 Å². The molecule has 1 amide bonds. The van der Waals surface area contributed by atoms with E-state index in [1.54, 1.807) is 25.1 Å². The molecule has 6 nitrogen and oxygen atoms in total. The Hall–Kier alpha value is -2.25. The lowest BCUT2D eigenvalue weighted by Crippen LogP contribution is -2.46. The van der Waals surface area contributed by atoms with Crippen molar-refractivity contribution >= 4 is 5.91 Å². The Bertz CT molecular complexity index is 738. The third kappa shape index (κ3) is 3.32. The molecule has 2 N–H and O–H groups in total. The van der Waals surface area contributed by atoms with E-state index in [0.29, 0.717) is 37.3 Å². The number of hydrogen-bond donors (Lipinski definition) is 2.